The lowest BCUT2D eigenvalue weighted by atomic mass is 9.87. The quantitative estimate of drug-likeness (QED) is 0.749. The Hall–Kier alpha value is -1.57. The van der Waals surface area contributed by atoms with E-state index in [0.717, 1.165) is 6.54 Å². The number of hydrogen-bond donors (Lipinski definition) is 0. The molecule has 0 saturated heterocycles. The largest absolute Gasteiger partial charge is 0.269 e. The van der Waals surface area contributed by atoms with Crippen molar-refractivity contribution in [1.82, 2.24) is 9.78 Å². The van der Waals surface area contributed by atoms with Crippen LogP contribution in [0.15, 0.2) is 36.4 Å². The van der Waals surface area contributed by atoms with Crippen molar-refractivity contribution in [1.29, 1.82) is 0 Å². The first kappa shape index (κ1) is 12.5. The highest BCUT2D eigenvalue weighted by molar-refractivity contribution is 5.32. The van der Waals surface area contributed by atoms with E-state index in [2.05, 4.69) is 61.9 Å². The zero-order valence-corrected chi connectivity index (χ0v) is 12.1. The second kappa shape index (κ2) is 4.52. The molecule has 0 spiro atoms. The summed E-state index contributed by atoms with van der Waals surface area (Å²) in [6.45, 7) is 7.77. The zero-order valence-electron chi connectivity index (χ0n) is 12.1. The molecule has 0 fully saturated rings. The van der Waals surface area contributed by atoms with Gasteiger partial charge in [0.2, 0.25) is 0 Å². The van der Waals surface area contributed by atoms with E-state index in [4.69, 9.17) is 5.10 Å². The van der Waals surface area contributed by atoms with Crippen molar-refractivity contribution < 1.29 is 0 Å². The van der Waals surface area contributed by atoms with Crippen LogP contribution < -0.4 is 0 Å². The van der Waals surface area contributed by atoms with Gasteiger partial charge in [-0.05, 0) is 24.5 Å². The van der Waals surface area contributed by atoms with Gasteiger partial charge in [-0.15, -0.1) is 0 Å². The highest BCUT2D eigenvalue weighted by Crippen LogP contribution is 2.35. The Balaban J connectivity index is 2.03. The molecule has 1 aliphatic heterocycles. The van der Waals surface area contributed by atoms with E-state index in [9.17, 15) is 0 Å². The topological polar surface area (TPSA) is 17.8 Å². The predicted octanol–water partition coefficient (Wildman–Crippen LogP) is 4.11. The third-order valence-electron chi connectivity index (χ3n) is 4.00. The molecule has 0 saturated carbocycles. The summed E-state index contributed by atoms with van der Waals surface area (Å²) in [6.07, 6.45) is 2.46. The highest BCUT2D eigenvalue weighted by Gasteiger charge is 2.27. The van der Waals surface area contributed by atoms with Gasteiger partial charge in [-0.2, -0.15) is 5.10 Å². The van der Waals surface area contributed by atoms with E-state index in [0.29, 0.717) is 5.92 Å². The second-order valence-electron chi connectivity index (χ2n) is 6.53. The molecule has 0 aliphatic carbocycles. The monoisotopic (exact) mass is 254 g/mol. The molecule has 1 atom stereocenters. The number of hydrogen-bond acceptors (Lipinski definition) is 1. The average molecular weight is 254 g/mol. The van der Waals surface area contributed by atoms with Crippen LogP contribution >= 0.6 is 0 Å². The van der Waals surface area contributed by atoms with Crippen molar-refractivity contribution in [3.05, 3.63) is 53.3 Å². The number of aromatic nitrogens is 2. The van der Waals surface area contributed by atoms with Crippen LogP contribution in [0, 0.1) is 0 Å². The maximum atomic E-state index is 4.81. The van der Waals surface area contributed by atoms with Gasteiger partial charge < -0.3 is 0 Å². The van der Waals surface area contributed by atoms with Crippen LogP contribution in [0.4, 0.5) is 0 Å². The molecule has 100 valence electrons. The standard InChI is InChI=1S/C17H22N2/c1-17(2,3)16-12-15-14(10-7-11-19(15)18-16)13-8-5-4-6-9-13/h4-6,8-9,12,14H,7,10-11H2,1-3H3. The molecule has 3 rings (SSSR count). The summed E-state index contributed by atoms with van der Waals surface area (Å²) < 4.78 is 2.22. The van der Waals surface area contributed by atoms with Crippen molar-refractivity contribution in [2.24, 2.45) is 0 Å². The Morgan fingerprint density at radius 2 is 1.89 bits per heavy atom. The summed E-state index contributed by atoms with van der Waals surface area (Å²) in [7, 11) is 0. The van der Waals surface area contributed by atoms with Gasteiger partial charge >= 0.3 is 0 Å². The fourth-order valence-corrected chi connectivity index (χ4v) is 2.87. The van der Waals surface area contributed by atoms with E-state index in [1.54, 1.807) is 0 Å². The molecule has 2 aromatic rings. The van der Waals surface area contributed by atoms with Crippen LogP contribution in [0.1, 0.15) is 56.5 Å². The Kier molecular flexibility index (Phi) is 2.96. The minimum atomic E-state index is 0.131. The maximum absolute atomic E-state index is 4.81. The molecule has 2 nitrogen and oxygen atoms in total. The summed E-state index contributed by atoms with van der Waals surface area (Å²) in [4.78, 5) is 0. The number of nitrogens with zero attached hydrogens (tertiary/aromatic N) is 2. The van der Waals surface area contributed by atoms with Gasteiger partial charge in [0.25, 0.3) is 0 Å². The second-order valence-corrected chi connectivity index (χ2v) is 6.53. The van der Waals surface area contributed by atoms with Crippen LogP contribution in [-0.2, 0) is 12.0 Å². The molecule has 19 heavy (non-hydrogen) atoms. The minimum absolute atomic E-state index is 0.131. The molecular weight excluding hydrogens is 232 g/mol. The predicted molar refractivity (Wildman–Crippen MR) is 78.4 cm³/mol. The fraction of sp³-hybridized carbons (Fsp3) is 0.471. The summed E-state index contributed by atoms with van der Waals surface area (Å²) in [5.74, 6) is 0.513. The summed E-state index contributed by atoms with van der Waals surface area (Å²) in [6, 6.07) is 13.2. The van der Waals surface area contributed by atoms with Gasteiger partial charge in [0.05, 0.1) is 5.69 Å². The van der Waals surface area contributed by atoms with E-state index in [1.807, 2.05) is 0 Å². The molecule has 0 radical (unpaired) electrons. The molecular formula is C17H22N2. The van der Waals surface area contributed by atoms with E-state index in [1.165, 1.54) is 29.8 Å². The lowest BCUT2D eigenvalue weighted by molar-refractivity contribution is 0.444. The normalized spacial score (nSPS) is 19.2. The molecule has 0 N–H and O–H groups in total. The molecule has 0 amide bonds. The van der Waals surface area contributed by atoms with Gasteiger partial charge in [0, 0.05) is 23.6 Å². The number of benzene rings is 1. The van der Waals surface area contributed by atoms with Crippen LogP contribution in [0.25, 0.3) is 0 Å². The first-order chi connectivity index (χ1) is 9.05. The molecule has 0 bridgehead atoms. The first-order valence-corrected chi connectivity index (χ1v) is 7.19. The van der Waals surface area contributed by atoms with Crippen molar-refractivity contribution in [3.63, 3.8) is 0 Å². The maximum Gasteiger partial charge on any atom is 0.0681 e. The Morgan fingerprint density at radius 1 is 1.16 bits per heavy atom. The number of fused-ring (bicyclic) bond motifs is 1. The van der Waals surface area contributed by atoms with Gasteiger partial charge in [-0.25, -0.2) is 0 Å². The Labute approximate surface area is 115 Å². The highest BCUT2D eigenvalue weighted by atomic mass is 15.3. The zero-order chi connectivity index (χ0) is 13.5. The van der Waals surface area contributed by atoms with Crippen LogP contribution in [-0.4, -0.2) is 9.78 Å². The lowest BCUT2D eigenvalue weighted by Crippen LogP contribution is -2.17. The summed E-state index contributed by atoms with van der Waals surface area (Å²) >= 11 is 0. The van der Waals surface area contributed by atoms with Gasteiger partial charge in [0.15, 0.2) is 0 Å². The van der Waals surface area contributed by atoms with Gasteiger partial charge in [-0.3, -0.25) is 4.68 Å². The average Bonchev–Trinajstić information content (AvgIpc) is 2.83. The first-order valence-electron chi connectivity index (χ1n) is 7.19. The lowest BCUT2D eigenvalue weighted by Gasteiger charge is -2.23. The number of rotatable bonds is 1. The molecule has 1 aromatic heterocycles. The van der Waals surface area contributed by atoms with Gasteiger partial charge in [0.1, 0.15) is 0 Å². The molecule has 2 heteroatoms. The van der Waals surface area contributed by atoms with E-state index in [-0.39, 0.29) is 5.41 Å². The van der Waals surface area contributed by atoms with E-state index < -0.39 is 0 Å². The molecule has 1 aromatic carbocycles. The summed E-state index contributed by atoms with van der Waals surface area (Å²) in [5, 5.41) is 4.81. The van der Waals surface area contributed by atoms with Crippen molar-refractivity contribution in [2.75, 3.05) is 0 Å². The SMILES string of the molecule is CC(C)(C)c1cc2n(n1)CCCC2c1ccccc1. The summed E-state index contributed by atoms with van der Waals surface area (Å²) in [5.41, 5.74) is 4.16. The third kappa shape index (κ3) is 2.32. The Morgan fingerprint density at radius 3 is 2.58 bits per heavy atom. The van der Waals surface area contributed by atoms with Crippen molar-refractivity contribution in [2.45, 2.75) is 51.5 Å². The minimum Gasteiger partial charge on any atom is -0.269 e. The molecule has 1 unspecified atom stereocenters. The number of aryl methyl sites for hydroxylation is 1. The van der Waals surface area contributed by atoms with Crippen LogP contribution in [0.3, 0.4) is 0 Å². The Bertz CT molecular complexity index is 561. The van der Waals surface area contributed by atoms with E-state index >= 15 is 0 Å². The van der Waals surface area contributed by atoms with Crippen LogP contribution in [0.5, 0.6) is 0 Å². The fourth-order valence-electron chi connectivity index (χ4n) is 2.87. The smallest absolute Gasteiger partial charge is 0.0681 e. The molecule has 2 heterocycles. The van der Waals surface area contributed by atoms with Crippen molar-refractivity contribution >= 4 is 0 Å². The van der Waals surface area contributed by atoms with Crippen LogP contribution in [0.2, 0.25) is 0 Å². The van der Waals surface area contributed by atoms with Gasteiger partial charge in [-0.1, -0.05) is 51.1 Å². The molecule has 1 aliphatic rings. The van der Waals surface area contributed by atoms with Crippen molar-refractivity contribution in [3.8, 4) is 0 Å². The third-order valence-corrected chi connectivity index (χ3v) is 4.00.